The number of carbonyl (C=O) groups excluding carboxylic acids is 2. The minimum absolute atomic E-state index is 0.0391. The van der Waals surface area contributed by atoms with Crippen molar-refractivity contribution in [3.8, 4) is 0 Å². The zero-order valence-electron chi connectivity index (χ0n) is 17.7. The summed E-state index contributed by atoms with van der Waals surface area (Å²) in [6.07, 6.45) is 2.73. The Kier molecular flexibility index (Phi) is 8.58. The first-order chi connectivity index (χ1) is 13.8. The van der Waals surface area contributed by atoms with E-state index >= 15 is 0 Å². The van der Waals surface area contributed by atoms with Crippen LogP contribution in [0.15, 0.2) is 42.6 Å². The van der Waals surface area contributed by atoms with E-state index in [0.29, 0.717) is 36.3 Å². The van der Waals surface area contributed by atoms with E-state index in [9.17, 15) is 9.59 Å². The highest BCUT2D eigenvalue weighted by Gasteiger charge is 2.22. The zero-order chi connectivity index (χ0) is 21.4. The van der Waals surface area contributed by atoms with E-state index in [1.165, 1.54) is 0 Å². The number of aromatic nitrogens is 1. The standard InChI is InChI=1S/C22H31ClN4O2/c1-5-11-26(22(29)24-19-9-6-8-18(23)13-19)16-21(28)27(14-17(2)3)15-20-10-7-12-25(20)4/h6-10,12-13,17H,5,11,14-16H2,1-4H3,(H,24,29). The Labute approximate surface area is 178 Å². The number of urea groups is 1. The largest absolute Gasteiger partial charge is 0.353 e. The van der Waals surface area contributed by atoms with Crippen LogP contribution >= 0.6 is 11.6 Å². The lowest BCUT2D eigenvalue weighted by Crippen LogP contribution is -2.45. The molecule has 0 unspecified atom stereocenters. The fourth-order valence-electron chi connectivity index (χ4n) is 3.11. The van der Waals surface area contributed by atoms with Crippen LogP contribution in [0.5, 0.6) is 0 Å². The minimum atomic E-state index is -0.300. The van der Waals surface area contributed by atoms with Gasteiger partial charge in [-0.15, -0.1) is 0 Å². The van der Waals surface area contributed by atoms with Gasteiger partial charge in [-0.05, 0) is 42.7 Å². The molecule has 0 saturated heterocycles. The number of hydrogen-bond donors (Lipinski definition) is 1. The molecule has 0 spiro atoms. The number of nitrogens with zero attached hydrogens (tertiary/aromatic N) is 3. The molecule has 0 atom stereocenters. The molecule has 0 saturated carbocycles. The van der Waals surface area contributed by atoms with Crippen LogP contribution in [0.4, 0.5) is 10.5 Å². The normalized spacial score (nSPS) is 10.8. The fourth-order valence-corrected chi connectivity index (χ4v) is 3.30. The average Bonchev–Trinajstić information content (AvgIpc) is 3.05. The summed E-state index contributed by atoms with van der Waals surface area (Å²) in [6, 6.07) is 10.7. The summed E-state index contributed by atoms with van der Waals surface area (Å²) in [5.74, 6) is 0.272. The lowest BCUT2D eigenvalue weighted by Gasteiger charge is -2.29. The smallest absolute Gasteiger partial charge is 0.322 e. The van der Waals surface area contributed by atoms with Crippen molar-refractivity contribution in [2.75, 3.05) is 25.0 Å². The van der Waals surface area contributed by atoms with Gasteiger partial charge in [0.2, 0.25) is 5.91 Å². The van der Waals surface area contributed by atoms with Crippen molar-refractivity contribution < 1.29 is 9.59 Å². The number of amides is 3. The van der Waals surface area contributed by atoms with Crippen LogP contribution < -0.4 is 5.32 Å². The van der Waals surface area contributed by atoms with Crippen LogP contribution in [-0.4, -0.2) is 45.9 Å². The maximum Gasteiger partial charge on any atom is 0.322 e. The molecule has 2 aromatic rings. The van der Waals surface area contributed by atoms with Crippen molar-refractivity contribution in [2.24, 2.45) is 13.0 Å². The first-order valence-electron chi connectivity index (χ1n) is 9.99. The molecule has 6 nitrogen and oxygen atoms in total. The predicted molar refractivity (Wildman–Crippen MR) is 118 cm³/mol. The third-order valence-electron chi connectivity index (χ3n) is 4.53. The van der Waals surface area contributed by atoms with E-state index in [1.807, 2.05) is 41.8 Å². The number of hydrogen-bond acceptors (Lipinski definition) is 2. The Morgan fingerprint density at radius 1 is 1.17 bits per heavy atom. The highest BCUT2D eigenvalue weighted by molar-refractivity contribution is 6.30. The quantitative estimate of drug-likeness (QED) is 0.646. The van der Waals surface area contributed by atoms with Gasteiger partial charge in [0.15, 0.2) is 0 Å². The van der Waals surface area contributed by atoms with Gasteiger partial charge in [0.1, 0.15) is 6.54 Å². The van der Waals surface area contributed by atoms with Crippen molar-refractivity contribution in [1.82, 2.24) is 14.4 Å². The van der Waals surface area contributed by atoms with Crippen LogP contribution in [0.3, 0.4) is 0 Å². The molecule has 0 aliphatic rings. The van der Waals surface area contributed by atoms with Crippen molar-refractivity contribution in [3.05, 3.63) is 53.3 Å². The predicted octanol–water partition coefficient (Wildman–Crippen LogP) is 4.61. The summed E-state index contributed by atoms with van der Waals surface area (Å²) in [5, 5.41) is 3.38. The molecule has 1 aromatic carbocycles. The molecule has 0 fully saturated rings. The van der Waals surface area contributed by atoms with Gasteiger partial charge in [-0.1, -0.05) is 38.4 Å². The van der Waals surface area contributed by atoms with Crippen LogP contribution in [0, 0.1) is 5.92 Å². The monoisotopic (exact) mass is 418 g/mol. The number of carbonyl (C=O) groups is 2. The van der Waals surface area contributed by atoms with Crippen LogP contribution in [0.2, 0.25) is 5.02 Å². The number of anilines is 1. The van der Waals surface area contributed by atoms with Crippen LogP contribution in [0.1, 0.15) is 32.9 Å². The minimum Gasteiger partial charge on any atom is -0.353 e. The van der Waals surface area contributed by atoms with E-state index in [-0.39, 0.29) is 18.5 Å². The Morgan fingerprint density at radius 3 is 2.52 bits per heavy atom. The summed E-state index contributed by atoms with van der Waals surface area (Å²) < 4.78 is 2.01. The third kappa shape index (κ3) is 7.13. The van der Waals surface area contributed by atoms with Crippen LogP contribution in [0.25, 0.3) is 0 Å². The number of benzene rings is 1. The average molecular weight is 419 g/mol. The molecular weight excluding hydrogens is 388 g/mol. The Hall–Kier alpha value is -2.47. The lowest BCUT2D eigenvalue weighted by atomic mass is 10.2. The maximum atomic E-state index is 13.1. The number of nitrogens with one attached hydrogen (secondary N) is 1. The Balaban J connectivity index is 2.09. The second kappa shape index (κ2) is 10.9. The molecule has 1 N–H and O–H groups in total. The van der Waals surface area contributed by atoms with Crippen molar-refractivity contribution in [2.45, 2.75) is 33.7 Å². The molecule has 3 amide bonds. The highest BCUT2D eigenvalue weighted by atomic mass is 35.5. The highest BCUT2D eigenvalue weighted by Crippen LogP contribution is 2.16. The van der Waals surface area contributed by atoms with E-state index in [2.05, 4.69) is 19.2 Å². The Morgan fingerprint density at radius 2 is 1.93 bits per heavy atom. The topological polar surface area (TPSA) is 57.6 Å². The number of rotatable bonds is 9. The van der Waals surface area contributed by atoms with E-state index in [4.69, 9.17) is 11.6 Å². The zero-order valence-corrected chi connectivity index (χ0v) is 18.4. The maximum absolute atomic E-state index is 13.1. The molecule has 0 aliphatic carbocycles. The van der Waals surface area contributed by atoms with E-state index in [1.54, 1.807) is 29.2 Å². The molecule has 0 bridgehead atoms. The summed E-state index contributed by atoms with van der Waals surface area (Å²) in [6.45, 7) is 7.85. The molecule has 2 rings (SSSR count). The molecule has 1 heterocycles. The second-order valence-corrected chi connectivity index (χ2v) is 8.08. The number of halogens is 1. The summed E-state index contributed by atoms with van der Waals surface area (Å²) in [5.41, 5.74) is 1.67. The molecule has 0 radical (unpaired) electrons. The first-order valence-corrected chi connectivity index (χ1v) is 10.4. The van der Waals surface area contributed by atoms with Gasteiger partial charge in [0.05, 0.1) is 6.54 Å². The van der Waals surface area contributed by atoms with Crippen molar-refractivity contribution in [3.63, 3.8) is 0 Å². The molecule has 29 heavy (non-hydrogen) atoms. The van der Waals surface area contributed by atoms with Gasteiger partial charge in [0, 0.05) is 42.7 Å². The molecular formula is C22H31ClN4O2. The van der Waals surface area contributed by atoms with Crippen molar-refractivity contribution in [1.29, 1.82) is 0 Å². The van der Waals surface area contributed by atoms with Gasteiger partial charge >= 0.3 is 6.03 Å². The second-order valence-electron chi connectivity index (χ2n) is 7.64. The van der Waals surface area contributed by atoms with E-state index < -0.39 is 0 Å². The summed E-state index contributed by atoms with van der Waals surface area (Å²) >= 11 is 6.00. The third-order valence-corrected chi connectivity index (χ3v) is 4.76. The first kappa shape index (κ1) is 22.8. The Bertz CT molecular complexity index is 819. The molecule has 7 heteroatoms. The van der Waals surface area contributed by atoms with Gasteiger partial charge in [-0.2, -0.15) is 0 Å². The molecule has 158 valence electrons. The number of aryl methyl sites for hydroxylation is 1. The van der Waals surface area contributed by atoms with Gasteiger partial charge in [0.25, 0.3) is 0 Å². The molecule has 0 aliphatic heterocycles. The SMILES string of the molecule is CCCN(CC(=O)N(Cc1cccn1C)CC(C)C)C(=O)Nc1cccc(Cl)c1. The summed E-state index contributed by atoms with van der Waals surface area (Å²) in [4.78, 5) is 29.2. The van der Waals surface area contributed by atoms with Crippen molar-refractivity contribution >= 4 is 29.2 Å². The van der Waals surface area contributed by atoms with Gasteiger partial charge in [-0.25, -0.2) is 4.79 Å². The lowest BCUT2D eigenvalue weighted by molar-refractivity contribution is -0.133. The van der Waals surface area contributed by atoms with Gasteiger partial charge in [-0.3, -0.25) is 4.79 Å². The fraction of sp³-hybridized carbons (Fsp3) is 0.455. The molecule has 1 aromatic heterocycles. The van der Waals surface area contributed by atoms with Gasteiger partial charge < -0.3 is 19.7 Å². The van der Waals surface area contributed by atoms with E-state index in [0.717, 1.165) is 12.1 Å². The van der Waals surface area contributed by atoms with Crippen LogP contribution in [-0.2, 0) is 18.4 Å². The summed E-state index contributed by atoms with van der Waals surface area (Å²) in [7, 11) is 1.97.